The van der Waals surface area contributed by atoms with E-state index < -0.39 is 34.6 Å². The van der Waals surface area contributed by atoms with Crippen LogP contribution >= 0.6 is 0 Å². The predicted octanol–water partition coefficient (Wildman–Crippen LogP) is 3.22. The highest BCUT2D eigenvalue weighted by Crippen LogP contribution is 2.40. The summed E-state index contributed by atoms with van der Waals surface area (Å²) in [6.45, 7) is 6.26. The van der Waals surface area contributed by atoms with Crippen LogP contribution < -0.4 is 10.7 Å². The first-order chi connectivity index (χ1) is 12.8. The number of amides is 1. The number of halogens is 2. The van der Waals surface area contributed by atoms with Gasteiger partial charge >= 0.3 is 5.97 Å². The second-order valence-corrected chi connectivity index (χ2v) is 6.28. The minimum atomic E-state index is -1.37. The summed E-state index contributed by atoms with van der Waals surface area (Å²) in [6, 6.07) is -0.0483. The molecular weight excluding hydrogens is 358 g/mol. The van der Waals surface area contributed by atoms with E-state index in [9.17, 15) is 23.2 Å². The molecule has 1 N–H and O–H groups in total. The summed E-state index contributed by atoms with van der Waals surface area (Å²) in [5.74, 6) is -4.20. The maximum absolute atomic E-state index is 14.6. The average molecular weight is 376 g/mol. The number of benzene rings is 1. The van der Waals surface area contributed by atoms with E-state index in [0.717, 1.165) is 18.9 Å². The second kappa shape index (κ2) is 6.94. The van der Waals surface area contributed by atoms with Crippen LogP contribution in [0.25, 0.3) is 10.9 Å². The SMILES string of the molecule is C=CC(=O)Nc1c(F)c(F)c(C)c2c1c(=O)c(C(=O)OCC)cn2C1CC1. The molecule has 1 fully saturated rings. The minimum absolute atomic E-state index is 0.0483. The molecule has 0 atom stereocenters. The third-order valence-electron chi connectivity index (χ3n) is 4.45. The fourth-order valence-electron chi connectivity index (χ4n) is 3.02. The van der Waals surface area contributed by atoms with Gasteiger partial charge in [0, 0.05) is 17.8 Å². The van der Waals surface area contributed by atoms with E-state index in [1.165, 1.54) is 13.1 Å². The Morgan fingerprint density at radius 3 is 2.59 bits per heavy atom. The van der Waals surface area contributed by atoms with Crippen molar-refractivity contribution in [1.29, 1.82) is 0 Å². The van der Waals surface area contributed by atoms with Gasteiger partial charge in [-0.15, -0.1) is 0 Å². The monoisotopic (exact) mass is 376 g/mol. The van der Waals surface area contributed by atoms with E-state index in [0.29, 0.717) is 0 Å². The van der Waals surface area contributed by atoms with Crippen molar-refractivity contribution < 1.29 is 23.1 Å². The van der Waals surface area contributed by atoms with Crippen LogP contribution in [-0.4, -0.2) is 23.1 Å². The number of hydrogen-bond acceptors (Lipinski definition) is 4. The summed E-state index contributed by atoms with van der Waals surface area (Å²) >= 11 is 0. The normalized spacial score (nSPS) is 13.5. The molecule has 1 aromatic carbocycles. The van der Waals surface area contributed by atoms with Gasteiger partial charge in [0.1, 0.15) is 5.56 Å². The van der Waals surface area contributed by atoms with Crippen molar-refractivity contribution in [2.75, 3.05) is 11.9 Å². The largest absolute Gasteiger partial charge is 0.462 e. The van der Waals surface area contributed by atoms with Gasteiger partial charge in [0.15, 0.2) is 11.6 Å². The number of pyridine rings is 1. The maximum atomic E-state index is 14.6. The zero-order valence-electron chi connectivity index (χ0n) is 14.9. The highest BCUT2D eigenvalue weighted by molar-refractivity contribution is 6.07. The first-order valence-electron chi connectivity index (χ1n) is 8.48. The Morgan fingerprint density at radius 2 is 2.04 bits per heavy atom. The fraction of sp³-hybridized carbons (Fsp3) is 0.316. The van der Waals surface area contributed by atoms with Crippen molar-refractivity contribution in [2.45, 2.75) is 32.7 Å². The molecule has 1 aliphatic carbocycles. The number of carbonyl (C=O) groups is 2. The Balaban J connectivity index is 2.46. The lowest BCUT2D eigenvalue weighted by Gasteiger charge is -2.18. The van der Waals surface area contributed by atoms with Crippen LogP contribution in [0.5, 0.6) is 0 Å². The summed E-state index contributed by atoms with van der Waals surface area (Å²) in [4.78, 5) is 36.9. The molecule has 1 saturated carbocycles. The van der Waals surface area contributed by atoms with Crippen LogP contribution in [-0.2, 0) is 9.53 Å². The summed E-state index contributed by atoms with van der Waals surface area (Å²) < 4.78 is 35.6. The van der Waals surface area contributed by atoms with Gasteiger partial charge in [-0.2, -0.15) is 0 Å². The number of aromatic nitrogens is 1. The summed E-state index contributed by atoms with van der Waals surface area (Å²) in [7, 11) is 0. The van der Waals surface area contributed by atoms with Crippen molar-refractivity contribution in [3.63, 3.8) is 0 Å². The lowest BCUT2D eigenvalue weighted by Crippen LogP contribution is -2.24. The third kappa shape index (κ3) is 3.11. The fourth-order valence-corrected chi connectivity index (χ4v) is 3.02. The molecule has 1 heterocycles. The van der Waals surface area contributed by atoms with Crippen LogP contribution in [0, 0.1) is 18.6 Å². The number of esters is 1. The Bertz CT molecular complexity index is 1040. The molecule has 1 aliphatic rings. The number of carbonyl (C=O) groups excluding carboxylic acids is 2. The lowest BCUT2D eigenvalue weighted by molar-refractivity contribution is -0.111. The van der Waals surface area contributed by atoms with Gasteiger partial charge in [-0.1, -0.05) is 6.58 Å². The smallest absolute Gasteiger partial charge is 0.343 e. The maximum Gasteiger partial charge on any atom is 0.343 e. The number of aryl methyl sites for hydroxylation is 1. The molecule has 0 bridgehead atoms. The molecule has 1 aromatic heterocycles. The van der Waals surface area contributed by atoms with Crippen molar-refractivity contribution in [3.8, 4) is 0 Å². The molecule has 8 heteroatoms. The standard InChI is InChI=1S/C19H18F2N2O4/c1-4-12(24)22-16-13-17(9(3)14(20)15(16)21)23(10-6-7-10)8-11(18(13)25)19(26)27-5-2/h4,8,10H,1,5-7H2,2-3H3,(H,22,24). The Kier molecular flexibility index (Phi) is 4.82. The van der Waals surface area contributed by atoms with Gasteiger partial charge in [0.05, 0.1) is 23.2 Å². The van der Waals surface area contributed by atoms with E-state index in [2.05, 4.69) is 11.9 Å². The van der Waals surface area contributed by atoms with Gasteiger partial charge < -0.3 is 14.6 Å². The Hall–Kier alpha value is -3.03. The zero-order valence-corrected chi connectivity index (χ0v) is 14.9. The van der Waals surface area contributed by atoms with Crippen molar-refractivity contribution >= 4 is 28.5 Å². The first kappa shape index (κ1) is 18.8. The van der Waals surface area contributed by atoms with Crippen LogP contribution in [0.3, 0.4) is 0 Å². The quantitative estimate of drug-likeness (QED) is 0.642. The number of fused-ring (bicyclic) bond motifs is 1. The molecule has 0 radical (unpaired) electrons. The molecule has 27 heavy (non-hydrogen) atoms. The molecule has 0 saturated heterocycles. The summed E-state index contributed by atoms with van der Waals surface area (Å²) in [5.41, 5.74) is -1.66. The average Bonchev–Trinajstić information content (AvgIpc) is 3.48. The van der Waals surface area contributed by atoms with E-state index in [-0.39, 0.29) is 34.7 Å². The molecule has 6 nitrogen and oxygen atoms in total. The number of nitrogens with zero attached hydrogens (tertiary/aromatic N) is 1. The second-order valence-electron chi connectivity index (χ2n) is 6.28. The van der Waals surface area contributed by atoms with Crippen molar-refractivity contribution in [1.82, 2.24) is 4.57 Å². The molecular formula is C19H18F2N2O4. The number of nitrogens with one attached hydrogen (secondary N) is 1. The Labute approximate surface area is 153 Å². The van der Waals surface area contributed by atoms with Crippen LogP contribution in [0.15, 0.2) is 23.6 Å². The summed E-state index contributed by atoms with van der Waals surface area (Å²) in [6.07, 6.45) is 3.74. The van der Waals surface area contributed by atoms with E-state index in [1.54, 1.807) is 11.5 Å². The number of ether oxygens (including phenoxy) is 1. The van der Waals surface area contributed by atoms with E-state index in [1.807, 2.05) is 0 Å². The molecule has 2 aromatic rings. The van der Waals surface area contributed by atoms with Crippen LogP contribution in [0.1, 0.15) is 41.7 Å². The molecule has 1 amide bonds. The van der Waals surface area contributed by atoms with Gasteiger partial charge in [-0.05, 0) is 32.8 Å². The Morgan fingerprint density at radius 1 is 1.37 bits per heavy atom. The van der Waals surface area contributed by atoms with Crippen molar-refractivity contribution in [3.05, 3.63) is 51.8 Å². The predicted molar refractivity (Wildman–Crippen MR) is 95.9 cm³/mol. The molecule has 0 unspecified atom stereocenters. The van der Waals surface area contributed by atoms with E-state index in [4.69, 9.17) is 4.74 Å². The van der Waals surface area contributed by atoms with Gasteiger partial charge in [-0.25, -0.2) is 13.6 Å². The molecule has 0 spiro atoms. The first-order valence-corrected chi connectivity index (χ1v) is 8.48. The van der Waals surface area contributed by atoms with E-state index >= 15 is 0 Å². The van der Waals surface area contributed by atoms with Crippen molar-refractivity contribution in [2.24, 2.45) is 0 Å². The molecule has 0 aliphatic heterocycles. The minimum Gasteiger partial charge on any atom is -0.462 e. The van der Waals surface area contributed by atoms with Gasteiger partial charge in [0.25, 0.3) is 0 Å². The lowest BCUT2D eigenvalue weighted by atomic mass is 10.0. The summed E-state index contributed by atoms with van der Waals surface area (Å²) in [5, 5.41) is 1.89. The van der Waals surface area contributed by atoms with Crippen LogP contribution in [0.4, 0.5) is 14.5 Å². The zero-order chi connectivity index (χ0) is 19.9. The number of anilines is 1. The van der Waals surface area contributed by atoms with Crippen LogP contribution in [0.2, 0.25) is 0 Å². The molecule has 3 rings (SSSR count). The molecule has 142 valence electrons. The number of rotatable bonds is 5. The topological polar surface area (TPSA) is 77.4 Å². The highest BCUT2D eigenvalue weighted by atomic mass is 19.2. The highest BCUT2D eigenvalue weighted by Gasteiger charge is 2.31. The number of hydrogen-bond donors (Lipinski definition) is 1. The third-order valence-corrected chi connectivity index (χ3v) is 4.45. The van der Waals surface area contributed by atoms with Gasteiger partial charge in [-0.3, -0.25) is 9.59 Å². The van der Waals surface area contributed by atoms with Gasteiger partial charge in [0.2, 0.25) is 11.3 Å².